The van der Waals surface area contributed by atoms with E-state index in [0.29, 0.717) is 18.5 Å². The number of aryl methyl sites for hydroxylation is 1. The number of methoxy groups -OCH3 is 1. The molecule has 2 rings (SSSR count). The summed E-state index contributed by atoms with van der Waals surface area (Å²) in [6.45, 7) is 1.57. The fraction of sp³-hybridized carbons (Fsp3) is 0.538. The van der Waals surface area contributed by atoms with Crippen LogP contribution in [0.4, 0.5) is 5.69 Å². The van der Waals surface area contributed by atoms with Crippen LogP contribution in [-0.4, -0.2) is 32.8 Å². The smallest absolute Gasteiger partial charge is 0.244 e. The van der Waals surface area contributed by atoms with Crippen LogP contribution >= 0.6 is 0 Å². The number of anilines is 1. The van der Waals surface area contributed by atoms with E-state index >= 15 is 0 Å². The van der Waals surface area contributed by atoms with Gasteiger partial charge in [-0.25, -0.2) is 13.1 Å². The molecule has 1 fully saturated rings. The summed E-state index contributed by atoms with van der Waals surface area (Å²) < 4.78 is 32.7. The highest BCUT2D eigenvalue weighted by Crippen LogP contribution is 2.35. The molecule has 1 aliphatic rings. The molecule has 0 spiro atoms. The fourth-order valence-corrected chi connectivity index (χ4v) is 3.92. The highest BCUT2D eigenvalue weighted by atomic mass is 32.2. The number of rotatable bonds is 5. The lowest BCUT2D eigenvalue weighted by molar-refractivity contribution is 0.110. The molecule has 20 heavy (non-hydrogen) atoms. The van der Waals surface area contributed by atoms with Crippen molar-refractivity contribution < 1.29 is 18.3 Å². The third kappa shape index (κ3) is 2.61. The molecule has 0 unspecified atom stereocenters. The van der Waals surface area contributed by atoms with E-state index in [9.17, 15) is 13.5 Å². The Morgan fingerprint density at radius 2 is 2.10 bits per heavy atom. The summed E-state index contributed by atoms with van der Waals surface area (Å²) in [5, 5.41) is 9.39. The number of nitrogens with one attached hydrogen (secondary N) is 1. The lowest BCUT2D eigenvalue weighted by atomic mass is 9.78. The van der Waals surface area contributed by atoms with Gasteiger partial charge in [-0.15, -0.1) is 0 Å². The number of nitrogen functional groups attached to an aromatic ring is 1. The van der Waals surface area contributed by atoms with E-state index in [4.69, 9.17) is 10.5 Å². The van der Waals surface area contributed by atoms with Gasteiger partial charge in [0.15, 0.2) is 0 Å². The first kappa shape index (κ1) is 15.1. The van der Waals surface area contributed by atoms with Crippen molar-refractivity contribution in [3.63, 3.8) is 0 Å². The van der Waals surface area contributed by atoms with Crippen LogP contribution in [-0.2, 0) is 10.0 Å². The fourth-order valence-electron chi connectivity index (χ4n) is 2.28. The summed E-state index contributed by atoms with van der Waals surface area (Å²) in [6, 6.07) is 2.98. The number of benzene rings is 1. The molecular weight excluding hydrogens is 280 g/mol. The molecule has 7 heteroatoms. The third-order valence-electron chi connectivity index (χ3n) is 3.81. The van der Waals surface area contributed by atoms with E-state index in [1.807, 2.05) is 0 Å². The van der Waals surface area contributed by atoms with Gasteiger partial charge in [0.05, 0.1) is 19.3 Å². The molecule has 1 aromatic rings. The van der Waals surface area contributed by atoms with Crippen molar-refractivity contribution in [3.05, 3.63) is 17.7 Å². The number of aliphatic hydroxyl groups excluding tert-OH is 1. The van der Waals surface area contributed by atoms with Gasteiger partial charge in [0.1, 0.15) is 10.6 Å². The Balaban J connectivity index is 2.41. The summed E-state index contributed by atoms with van der Waals surface area (Å²) in [4.78, 5) is 0.00262. The maximum Gasteiger partial charge on any atom is 0.244 e. The number of sulfonamides is 1. The predicted octanol–water partition coefficient (Wildman–Crippen LogP) is 0.779. The van der Waals surface area contributed by atoms with Crippen LogP contribution in [0, 0.1) is 6.92 Å². The van der Waals surface area contributed by atoms with Crippen molar-refractivity contribution in [2.24, 2.45) is 0 Å². The van der Waals surface area contributed by atoms with E-state index in [1.54, 1.807) is 13.0 Å². The molecule has 0 aromatic heterocycles. The zero-order valence-corrected chi connectivity index (χ0v) is 12.5. The second kappa shape index (κ2) is 5.23. The molecule has 0 radical (unpaired) electrons. The van der Waals surface area contributed by atoms with Crippen molar-refractivity contribution >= 4 is 15.7 Å². The van der Waals surface area contributed by atoms with Gasteiger partial charge in [0, 0.05) is 5.69 Å². The number of aliphatic hydroxyl groups is 1. The topological polar surface area (TPSA) is 102 Å². The normalized spacial score (nSPS) is 17.6. The quantitative estimate of drug-likeness (QED) is 0.697. The molecule has 0 aliphatic heterocycles. The Labute approximate surface area is 119 Å². The van der Waals surface area contributed by atoms with Gasteiger partial charge >= 0.3 is 0 Å². The Bertz CT molecular complexity index is 604. The Kier molecular flexibility index (Phi) is 3.95. The van der Waals surface area contributed by atoms with Crippen molar-refractivity contribution in [2.75, 3.05) is 19.5 Å². The monoisotopic (exact) mass is 300 g/mol. The van der Waals surface area contributed by atoms with Crippen molar-refractivity contribution in [3.8, 4) is 5.75 Å². The predicted molar refractivity (Wildman–Crippen MR) is 76.1 cm³/mol. The summed E-state index contributed by atoms with van der Waals surface area (Å²) in [5.41, 5.74) is 6.18. The molecule has 0 saturated heterocycles. The van der Waals surface area contributed by atoms with Crippen LogP contribution in [0.1, 0.15) is 24.8 Å². The molecule has 6 nitrogen and oxygen atoms in total. The molecule has 1 aliphatic carbocycles. The van der Waals surface area contributed by atoms with E-state index in [0.717, 1.165) is 12.0 Å². The van der Waals surface area contributed by atoms with Gasteiger partial charge in [-0.05, 0) is 43.9 Å². The lowest BCUT2D eigenvalue weighted by Crippen LogP contribution is -2.56. The second-order valence-corrected chi connectivity index (χ2v) is 6.91. The van der Waals surface area contributed by atoms with Crippen LogP contribution in [0.15, 0.2) is 17.0 Å². The van der Waals surface area contributed by atoms with Gasteiger partial charge in [-0.3, -0.25) is 0 Å². The van der Waals surface area contributed by atoms with Crippen LogP contribution in [0.5, 0.6) is 5.75 Å². The number of hydrogen-bond donors (Lipinski definition) is 3. The number of hydrogen-bond acceptors (Lipinski definition) is 5. The largest absolute Gasteiger partial charge is 0.495 e. The molecule has 1 aromatic carbocycles. The Hall–Kier alpha value is -1.31. The van der Waals surface area contributed by atoms with E-state index in [-0.39, 0.29) is 17.3 Å². The first-order valence-corrected chi connectivity index (χ1v) is 7.91. The SMILES string of the molecule is COc1cc(C)c(N)cc1S(=O)(=O)NC1(CO)CCC1. The van der Waals surface area contributed by atoms with Crippen LogP contribution < -0.4 is 15.2 Å². The van der Waals surface area contributed by atoms with Crippen molar-refractivity contribution in [2.45, 2.75) is 36.6 Å². The van der Waals surface area contributed by atoms with Crippen LogP contribution in [0.25, 0.3) is 0 Å². The summed E-state index contributed by atoms with van der Waals surface area (Å²) >= 11 is 0. The molecule has 4 N–H and O–H groups in total. The zero-order chi connectivity index (χ0) is 15.0. The number of nitrogens with two attached hydrogens (primary N) is 1. The average Bonchev–Trinajstić information content (AvgIpc) is 2.36. The lowest BCUT2D eigenvalue weighted by Gasteiger charge is -2.40. The Morgan fingerprint density at radius 3 is 2.55 bits per heavy atom. The molecule has 0 amide bonds. The van der Waals surface area contributed by atoms with Gasteiger partial charge in [0.2, 0.25) is 10.0 Å². The van der Waals surface area contributed by atoms with Crippen molar-refractivity contribution in [1.82, 2.24) is 4.72 Å². The average molecular weight is 300 g/mol. The van der Waals surface area contributed by atoms with E-state index in [1.165, 1.54) is 13.2 Å². The highest BCUT2D eigenvalue weighted by molar-refractivity contribution is 7.89. The molecule has 1 saturated carbocycles. The van der Waals surface area contributed by atoms with Gasteiger partial charge in [-0.2, -0.15) is 0 Å². The first-order chi connectivity index (χ1) is 9.33. The van der Waals surface area contributed by atoms with E-state index in [2.05, 4.69) is 4.72 Å². The zero-order valence-electron chi connectivity index (χ0n) is 11.6. The summed E-state index contributed by atoms with van der Waals surface area (Å²) in [5.74, 6) is 0.247. The van der Waals surface area contributed by atoms with Gasteiger partial charge in [-0.1, -0.05) is 0 Å². The standard InChI is InChI=1S/C13H20N2O4S/c1-9-6-11(19-2)12(7-10(9)14)20(17,18)15-13(8-16)4-3-5-13/h6-7,15-16H,3-5,8,14H2,1-2H3. The molecular formula is C13H20N2O4S. The minimum absolute atomic E-state index is 0.00262. The maximum atomic E-state index is 12.5. The van der Waals surface area contributed by atoms with Gasteiger partial charge in [0.25, 0.3) is 0 Å². The first-order valence-electron chi connectivity index (χ1n) is 6.42. The molecule has 0 bridgehead atoms. The molecule has 0 heterocycles. The third-order valence-corrected chi connectivity index (χ3v) is 5.41. The summed E-state index contributed by atoms with van der Waals surface area (Å²) in [6.07, 6.45) is 2.16. The highest BCUT2D eigenvalue weighted by Gasteiger charge is 2.41. The second-order valence-electron chi connectivity index (χ2n) is 5.26. The number of ether oxygens (including phenoxy) is 1. The van der Waals surface area contributed by atoms with Crippen LogP contribution in [0.3, 0.4) is 0 Å². The van der Waals surface area contributed by atoms with Crippen molar-refractivity contribution in [1.29, 1.82) is 0 Å². The molecule has 0 atom stereocenters. The maximum absolute atomic E-state index is 12.5. The van der Waals surface area contributed by atoms with Crippen LogP contribution in [0.2, 0.25) is 0 Å². The Morgan fingerprint density at radius 1 is 1.45 bits per heavy atom. The summed E-state index contributed by atoms with van der Waals surface area (Å²) in [7, 11) is -2.38. The molecule has 112 valence electrons. The van der Waals surface area contributed by atoms with E-state index < -0.39 is 15.6 Å². The minimum atomic E-state index is -3.79. The van der Waals surface area contributed by atoms with Gasteiger partial charge < -0.3 is 15.6 Å². The minimum Gasteiger partial charge on any atom is -0.495 e.